The fourth-order valence-electron chi connectivity index (χ4n) is 2.24. The van der Waals surface area contributed by atoms with E-state index >= 15 is 0 Å². The molecule has 2 aliphatic rings. The van der Waals surface area contributed by atoms with Crippen LogP contribution >= 0.6 is 0 Å². The number of rotatable bonds is 2. The topological polar surface area (TPSA) is 15.3 Å². The van der Waals surface area contributed by atoms with Crippen molar-refractivity contribution in [1.82, 2.24) is 10.2 Å². The van der Waals surface area contributed by atoms with Gasteiger partial charge >= 0.3 is 0 Å². The predicted octanol–water partition coefficient (Wildman–Crippen LogP) is 1.76. The Balaban J connectivity index is 1.80. The molecule has 1 N–H and O–H groups in total. The van der Waals surface area contributed by atoms with Crippen molar-refractivity contribution >= 4 is 0 Å². The van der Waals surface area contributed by atoms with E-state index in [2.05, 4.69) is 35.6 Å². The molecule has 0 aromatic carbocycles. The number of hydrogen-bond donors (Lipinski definition) is 1. The zero-order chi connectivity index (χ0) is 9.80. The van der Waals surface area contributed by atoms with Gasteiger partial charge in [0, 0.05) is 6.54 Å². The Morgan fingerprint density at radius 2 is 2.21 bits per heavy atom. The molecule has 2 nitrogen and oxygen atoms in total. The highest BCUT2D eigenvalue weighted by atomic mass is 15.1. The molecule has 2 aliphatic heterocycles. The Morgan fingerprint density at radius 1 is 1.43 bits per heavy atom. The largest absolute Gasteiger partial charge is 0.387 e. The third-order valence-corrected chi connectivity index (χ3v) is 3.22. The van der Waals surface area contributed by atoms with E-state index in [9.17, 15) is 0 Å². The van der Waals surface area contributed by atoms with Crippen molar-refractivity contribution < 1.29 is 0 Å². The fourth-order valence-corrected chi connectivity index (χ4v) is 2.24. The van der Waals surface area contributed by atoms with E-state index in [0.717, 1.165) is 12.5 Å². The molecule has 1 saturated heterocycles. The van der Waals surface area contributed by atoms with Crippen molar-refractivity contribution in [2.45, 2.75) is 19.3 Å². The van der Waals surface area contributed by atoms with Gasteiger partial charge in [-0.25, -0.2) is 0 Å². The van der Waals surface area contributed by atoms with Crippen molar-refractivity contribution in [1.29, 1.82) is 0 Å². The molecular weight excluding hydrogens is 172 g/mol. The summed E-state index contributed by atoms with van der Waals surface area (Å²) < 4.78 is 0. The molecule has 2 rings (SSSR count). The number of hydrogen-bond acceptors (Lipinski definition) is 2. The summed E-state index contributed by atoms with van der Waals surface area (Å²) in [5.74, 6) is 0.905. The van der Waals surface area contributed by atoms with E-state index in [1.54, 1.807) is 0 Å². The third-order valence-electron chi connectivity index (χ3n) is 3.22. The third kappa shape index (κ3) is 2.61. The number of piperidine rings is 1. The monoisotopic (exact) mass is 192 g/mol. The maximum atomic E-state index is 3.27. The highest BCUT2D eigenvalue weighted by Gasteiger charge is 2.17. The number of likely N-dealkylation sites (tertiary alicyclic amines) is 1. The summed E-state index contributed by atoms with van der Waals surface area (Å²) in [6.07, 6.45) is 10.7. The van der Waals surface area contributed by atoms with Gasteiger partial charge in [-0.3, -0.25) is 0 Å². The van der Waals surface area contributed by atoms with Crippen LogP contribution < -0.4 is 5.32 Å². The van der Waals surface area contributed by atoms with E-state index in [1.807, 2.05) is 0 Å². The van der Waals surface area contributed by atoms with Crippen LogP contribution in [0.1, 0.15) is 19.3 Å². The van der Waals surface area contributed by atoms with E-state index in [1.165, 1.54) is 37.9 Å². The standard InChI is InChI=1S/C12H20N2/c1-14-7-4-11(5-8-14)9-12-3-2-6-13-10-12/h2-3,10-11,13H,4-9H2,1H3. The van der Waals surface area contributed by atoms with Crippen molar-refractivity contribution in [3.63, 3.8) is 0 Å². The quantitative estimate of drug-likeness (QED) is 0.717. The maximum absolute atomic E-state index is 3.27. The van der Waals surface area contributed by atoms with Gasteiger partial charge in [-0.2, -0.15) is 0 Å². The molecule has 0 saturated carbocycles. The molecule has 2 heterocycles. The van der Waals surface area contributed by atoms with Crippen molar-refractivity contribution in [3.05, 3.63) is 23.9 Å². The summed E-state index contributed by atoms with van der Waals surface area (Å²) in [6.45, 7) is 3.54. The number of nitrogens with zero attached hydrogens (tertiary/aromatic N) is 1. The first-order chi connectivity index (χ1) is 6.84. The van der Waals surface area contributed by atoms with Gasteiger partial charge in [0.2, 0.25) is 0 Å². The van der Waals surface area contributed by atoms with Crippen LogP contribution in [0.2, 0.25) is 0 Å². The van der Waals surface area contributed by atoms with Crippen LogP contribution in [0, 0.1) is 5.92 Å². The average Bonchev–Trinajstić information content (AvgIpc) is 2.23. The van der Waals surface area contributed by atoms with Crippen molar-refractivity contribution in [3.8, 4) is 0 Å². The molecule has 14 heavy (non-hydrogen) atoms. The highest BCUT2D eigenvalue weighted by Crippen LogP contribution is 2.24. The van der Waals surface area contributed by atoms with Gasteiger partial charge in [-0.15, -0.1) is 0 Å². The second-order valence-electron chi connectivity index (χ2n) is 4.48. The lowest BCUT2D eigenvalue weighted by molar-refractivity contribution is 0.219. The second-order valence-corrected chi connectivity index (χ2v) is 4.48. The Bertz CT molecular complexity index is 235. The van der Waals surface area contributed by atoms with Gasteiger partial charge in [0.05, 0.1) is 0 Å². The van der Waals surface area contributed by atoms with E-state index in [4.69, 9.17) is 0 Å². The molecule has 1 fully saturated rings. The molecule has 0 bridgehead atoms. The van der Waals surface area contributed by atoms with Crippen LogP contribution in [0.3, 0.4) is 0 Å². The summed E-state index contributed by atoms with van der Waals surface area (Å²) in [7, 11) is 2.22. The Kier molecular flexibility index (Phi) is 3.25. The maximum Gasteiger partial charge on any atom is 0.0328 e. The number of allylic oxidation sites excluding steroid dienone is 2. The molecule has 0 atom stereocenters. The van der Waals surface area contributed by atoms with Crippen LogP contribution in [0.4, 0.5) is 0 Å². The summed E-state index contributed by atoms with van der Waals surface area (Å²) in [5, 5.41) is 3.27. The second kappa shape index (κ2) is 4.65. The zero-order valence-corrected chi connectivity index (χ0v) is 9.00. The van der Waals surface area contributed by atoms with Crippen LogP contribution in [0.5, 0.6) is 0 Å². The normalized spacial score (nSPS) is 24.5. The van der Waals surface area contributed by atoms with Gasteiger partial charge in [-0.05, 0) is 57.1 Å². The lowest BCUT2D eigenvalue weighted by atomic mass is 9.90. The fraction of sp³-hybridized carbons (Fsp3) is 0.667. The van der Waals surface area contributed by atoms with E-state index in [-0.39, 0.29) is 0 Å². The van der Waals surface area contributed by atoms with Gasteiger partial charge in [0.1, 0.15) is 0 Å². The minimum absolute atomic E-state index is 0.905. The summed E-state index contributed by atoms with van der Waals surface area (Å²) >= 11 is 0. The molecule has 0 aromatic heterocycles. The molecular formula is C12H20N2. The molecule has 2 heteroatoms. The van der Waals surface area contributed by atoms with E-state index < -0.39 is 0 Å². The summed E-state index contributed by atoms with van der Waals surface area (Å²) in [5.41, 5.74) is 1.48. The van der Waals surface area contributed by atoms with Gasteiger partial charge in [0.15, 0.2) is 0 Å². The number of dihydropyridines is 1. The van der Waals surface area contributed by atoms with Gasteiger partial charge < -0.3 is 10.2 Å². The van der Waals surface area contributed by atoms with Gasteiger partial charge in [-0.1, -0.05) is 12.2 Å². The smallest absolute Gasteiger partial charge is 0.0328 e. The minimum atomic E-state index is 0.905. The Morgan fingerprint density at radius 3 is 2.86 bits per heavy atom. The first-order valence-corrected chi connectivity index (χ1v) is 5.62. The van der Waals surface area contributed by atoms with Crippen LogP contribution in [-0.2, 0) is 0 Å². The Labute approximate surface area is 86.7 Å². The van der Waals surface area contributed by atoms with Gasteiger partial charge in [0.25, 0.3) is 0 Å². The molecule has 0 unspecified atom stereocenters. The molecule has 78 valence electrons. The zero-order valence-electron chi connectivity index (χ0n) is 9.00. The first kappa shape index (κ1) is 9.78. The van der Waals surface area contributed by atoms with Crippen molar-refractivity contribution in [2.24, 2.45) is 5.92 Å². The summed E-state index contributed by atoms with van der Waals surface area (Å²) in [4.78, 5) is 2.43. The lowest BCUT2D eigenvalue weighted by Crippen LogP contribution is -2.30. The number of nitrogens with one attached hydrogen (secondary N) is 1. The first-order valence-electron chi connectivity index (χ1n) is 5.62. The molecule has 0 amide bonds. The molecule has 0 aromatic rings. The van der Waals surface area contributed by atoms with E-state index in [0.29, 0.717) is 0 Å². The van der Waals surface area contributed by atoms with Crippen molar-refractivity contribution in [2.75, 3.05) is 26.7 Å². The van der Waals surface area contributed by atoms with Crippen LogP contribution in [-0.4, -0.2) is 31.6 Å². The summed E-state index contributed by atoms with van der Waals surface area (Å²) in [6, 6.07) is 0. The average molecular weight is 192 g/mol. The Hall–Kier alpha value is -0.760. The molecule has 0 aliphatic carbocycles. The lowest BCUT2D eigenvalue weighted by Gasteiger charge is -2.29. The predicted molar refractivity (Wildman–Crippen MR) is 60.1 cm³/mol. The highest BCUT2D eigenvalue weighted by molar-refractivity contribution is 5.22. The van der Waals surface area contributed by atoms with Crippen LogP contribution in [0.15, 0.2) is 23.9 Å². The minimum Gasteiger partial charge on any atom is -0.387 e. The molecule has 0 radical (unpaired) electrons. The molecule has 0 spiro atoms. The SMILES string of the molecule is CN1CCC(CC2=CNCC=C2)CC1. The van der Waals surface area contributed by atoms with Crippen LogP contribution in [0.25, 0.3) is 0 Å².